The number of hydrogen-bond donors (Lipinski definition) is 1. The van der Waals surface area contributed by atoms with E-state index in [0.717, 1.165) is 31.0 Å². The predicted molar refractivity (Wildman–Crippen MR) is 87.8 cm³/mol. The fraction of sp³-hybridized carbons (Fsp3) is 0.267. The molecule has 1 aliphatic heterocycles. The summed E-state index contributed by atoms with van der Waals surface area (Å²) in [4.78, 5) is 6.91. The highest BCUT2D eigenvalue weighted by molar-refractivity contribution is 5.85. The molecule has 0 atom stereocenters. The molecule has 0 fully saturated rings. The molecule has 0 aliphatic carbocycles. The smallest absolute Gasteiger partial charge is 0.129 e. The topological polar surface area (TPSA) is 42.1 Å². The van der Waals surface area contributed by atoms with Crippen molar-refractivity contribution in [3.63, 3.8) is 0 Å². The molecule has 5 heteroatoms. The second-order valence-corrected chi connectivity index (χ2v) is 4.63. The van der Waals surface area contributed by atoms with Crippen LogP contribution in [0.2, 0.25) is 0 Å². The molecule has 3 nitrogen and oxygen atoms in total. The first kappa shape index (κ1) is 16.8. The molecular formula is C15H19Cl2N3. The summed E-state index contributed by atoms with van der Waals surface area (Å²) in [6.45, 7) is 2.47. The minimum Gasteiger partial charge on any atom is -0.352 e. The number of nitrogens with zero attached hydrogens (tertiary/aromatic N) is 2. The zero-order chi connectivity index (χ0) is 12.4. The van der Waals surface area contributed by atoms with Crippen LogP contribution in [0.4, 0.5) is 5.82 Å². The van der Waals surface area contributed by atoms with Gasteiger partial charge in [-0.1, -0.05) is 30.3 Å². The summed E-state index contributed by atoms with van der Waals surface area (Å²) < 4.78 is 0. The van der Waals surface area contributed by atoms with E-state index in [0.29, 0.717) is 6.54 Å². The summed E-state index contributed by atoms with van der Waals surface area (Å²) in [5.74, 6) is 1.03. The van der Waals surface area contributed by atoms with Crippen LogP contribution in [-0.4, -0.2) is 11.5 Å². The first-order valence-electron chi connectivity index (χ1n) is 6.34. The maximum Gasteiger partial charge on any atom is 0.129 e. The van der Waals surface area contributed by atoms with Gasteiger partial charge in [-0.25, -0.2) is 4.98 Å². The Hall–Kier alpha value is -1.29. The van der Waals surface area contributed by atoms with Gasteiger partial charge < -0.3 is 10.6 Å². The Morgan fingerprint density at radius 2 is 1.75 bits per heavy atom. The van der Waals surface area contributed by atoms with E-state index in [-0.39, 0.29) is 24.8 Å². The van der Waals surface area contributed by atoms with Crippen molar-refractivity contribution < 1.29 is 0 Å². The van der Waals surface area contributed by atoms with E-state index in [1.165, 1.54) is 11.1 Å². The molecule has 1 aliphatic rings. The second-order valence-electron chi connectivity index (χ2n) is 4.63. The number of hydrogen-bond acceptors (Lipinski definition) is 3. The molecule has 20 heavy (non-hydrogen) atoms. The highest BCUT2D eigenvalue weighted by atomic mass is 35.5. The summed E-state index contributed by atoms with van der Waals surface area (Å²) in [5.41, 5.74) is 9.46. The molecular weight excluding hydrogens is 293 g/mol. The molecule has 0 unspecified atom stereocenters. The van der Waals surface area contributed by atoms with Crippen LogP contribution in [0.25, 0.3) is 0 Å². The maximum atomic E-state index is 5.64. The lowest BCUT2D eigenvalue weighted by Gasteiger charge is -2.30. The second kappa shape index (κ2) is 7.48. The van der Waals surface area contributed by atoms with E-state index in [1.54, 1.807) is 0 Å². The van der Waals surface area contributed by atoms with Crippen molar-refractivity contribution in [2.75, 3.05) is 11.4 Å². The molecule has 0 spiro atoms. The monoisotopic (exact) mass is 311 g/mol. The lowest BCUT2D eigenvalue weighted by atomic mass is 10.00. The first-order chi connectivity index (χ1) is 8.86. The first-order valence-corrected chi connectivity index (χ1v) is 6.34. The van der Waals surface area contributed by atoms with E-state index in [9.17, 15) is 0 Å². The van der Waals surface area contributed by atoms with Gasteiger partial charge in [-0.3, -0.25) is 0 Å². The summed E-state index contributed by atoms with van der Waals surface area (Å²) in [6, 6.07) is 14.7. The van der Waals surface area contributed by atoms with Crippen LogP contribution in [0.5, 0.6) is 0 Å². The standard InChI is InChI=1S/C15H17N3.2ClH/c16-10-14-6-3-7-15(17-14)18-9-8-12-4-1-2-5-13(12)11-18;;/h1-7H,8-11,16H2;2*1H. The number of rotatable bonds is 2. The van der Waals surface area contributed by atoms with Gasteiger partial charge in [-0.2, -0.15) is 0 Å². The molecule has 0 saturated carbocycles. The van der Waals surface area contributed by atoms with Crippen molar-refractivity contribution in [2.45, 2.75) is 19.5 Å². The predicted octanol–water partition coefficient (Wildman–Crippen LogP) is 2.95. The molecule has 1 aromatic heterocycles. The molecule has 108 valence electrons. The van der Waals surface area contributed by atoms with Crippen molar-refractivity contribution in [2.24, 2.45) is 5.73 Å². The van der Waals surface area contributed by atoms with Crippen LogP contribution in [0.1, 0.15) is 16.8 Å². The molecule has 1 aromatic carbocycles. The summed E-state index contributed by atoms with van der Waals surface area (Å²) in [6.07, 6.45) is 1.09. The Morgan fingerprint density at radius 1 is 1.00 bits per heavy atom. The van der Waals surface area contributed by atoms with Crippen molar-refractivity contribution >= 4 is 30.6 Å². The summed E-state index contributed by atoms with van der Waals surface area (Å²) >= 11 is 0. The number of aromatic nitrogens is 1. The Labute approximate surface area is 132 Å². The number of pyridine rings is 1. The Balaban J connectivity index is 0.000001000. The van der Waals surface area contributed by atoms with Gasteiger partial charge in [0.05, 0.1) is 5.69 Å². The van der Waals surface area contributed by atoms with Crippen LogP contribution in [0.3, 0.4) is 0 Å². The normalized spacial score (nSPS) is 12.9. The van der Waals surface area contributed by atoms with E-state index in [1.807, 2.05) is 12.1 Å². The molecule has 2 aromatic rings. The summed E-state index contributed by atoms with van der Waals surface area (Å²) in [7, 11) is 0. The van der Waals surface area contributed by atoms with Gasteiger partial charge in [0, 0.05) is 19.6 Å². The van der Waals surface area contributed by atoms with Crippen LogP contribution in [-0.2, 0) is 19.5 Å². The highest BCUT2D eigenvalue weighted by Crippen LogP contribution is 2.22. The third-order valence-electron chi connectivity index (χ3n) is 3.46. The molecule has 2 N–H and O–H groups in total. The van der Waals surface area contributed by atoms with E-state index in [2.05, 4.69) is 40.2 Å². The van der Waals surface area contributed by atoms with Gasteiger partial charge in [0.2, 0.25) is 0 Å². The zero-order valence-corrected chi connectivity index (χ0v) is 12.8. The average molecular weight is 312 g/mol. The van der Waals surface area contributed by atoms with Crippen molar-refractivity contribution in [1.82, 2.24) is 4.98 Å². The van der Waals surface area contributed by atoms with Crippen molar-refractivity contribution in [1.29, 1.82) is 0 Å². The minimum absolute atomic E-state index is 0. The van der Waals surface area contributed by atoms with Crippen LogP contribution in [0, 0.1) is 0 Å². The van der Waals surface area contributed by atoms with E-state index in [4.69, 9.17) is 5.73 Å². The van der Waals surface area contributed by atoms with Crippen LogP contribution >= 0.6 is 24.8 Å². The number of benzene rings is 1. The van der Waals surface area contributed by atoms with E-state index >= 15 is 0 Å². The minimum atomic E-state index is 0. The lowest BCUT2D eigenvalue weighted by molar-refractivity contribution is 0.718. The number of fused-ring (bicyclic) bond motifs is 1. The molecule has 0 radical (unpaired) electrons. The van der Waals surface area contributed by atoms with Crippen molar-refractivity contribution in [3.8, 4) is 0 Å². The van der Waals surface area contributed by atoms with Gasteiger partial charge in [-0.15, -0.1) is 24.8 Å². The Morgan fingerprint density at radius 3 is 2.50 bits per heavy atom. The number of halogens is 2. The van der Waals surface area contributed by atoms with Crippen LogP contribution in [0.15, 0.2) is 42.5 Å². The largest absolute Gasteiger partial charge is 0.352 e. The molecule has 2 heterocycles. The van der Waals surface area contributed by atoms with Gasteiger partial charge in [-0.05, 0) is 29.7 Å². The fourth-order valence-corrected chi connectivity index (χ4v) is 2.45. The van der Waals surface area contributed by atoms with Crippen molar-refractivity contribution in [3.05, 3.63) is 59.3 Å². The number of nitrogens with two attached hydrogens (primary N) is 1. The average Bonchev–Trinajstić information content (AvgIpc) is 2.47. The van der Waals surface area contributed by atoms with Gasteiger partial charge in [0.1, 0.15) is 5.82 Å². The number of anilines is 1. The van der Waals surface area contributed by atoms with Gasteiger partial charge in [0.15, 0.2) is 0 Å². The molecule has 3 rings (SSSR count). The summed E-state index contributed by atoms with van der Waals surface area (Å²) in [5, 5.41) is 0. The highest BCUT2D eigenvalue weighted by Gasteiger charge is 2.16. The fourth-order valence-electron chi connectivity index (χ4n) is 2.45. The Kier molecular flexibility index (Phi) is 6.27. The molecule has 0 amide bonds. The molecule has 0 saturated heterocycles. The van der Waals surface area contributed by atoms with Gasteiger partial charge in [0.25, 0.3) is 0 Å². The van der Waals surface area contributed by atoms with E-state index < -0.39 is 0 Å². The zero-order valence-electron chi connectivity index (χ0n) is 11.2. The third kappa shape index (κ3) is 3.42. The van der Waals surface area contributed by atoms with Crippen LogP contribution < -0.4 is 10.6 Å². The maximum absolute atomic E-state index is 5.64. The Bertz CT molecular complexity index is 560. The van der Waals surface area contributed by atoms with Gasteiger partial charge >= 0.3 is 0 Å². The quantitative estimate of drug-likeness (QED) is 0.927. The third-order valence-corrected chi connectivity index (χ3v) is 3.46. The lowest BCUT2D eigenvalue weighted by Crippen LogP contribution is -2.31. The molecule has 0 bridgehead atoms. The SMILES string of the molecule is Cl.Cl.NCc1cccc(N2CCc3ccccc3C2)n1.